The van der Waals surface area contributed by atoms with Crippen LogP contribution in [0, 0.1) is 5.92 Å². The van der Waals surface area contributed by atoms with Gasteiger partial charge in [-0.3, -0.25) is 9.59 Å². The van der Waals surface area contributed by atoms with Crippen molar-refractivity contribution in [1.82, 2.24) is 4.90 Å². The van der Waals surface area contributed by atoms with E-state index in [4.69, 9.17) is 4.74 Å². The molecule has 1 heterocycles. The number of carbonyl (C=O) groups is 2. The predicted molar refractivity (Wildman–Crippen MR) is 106 cm³/mol. The van der Waals surface area contributed by atoms with Gasteiger partial charge in [-0.05, 0) is 42.2 Å². The van der Waals surface area contributed by atoms with Crippen molar-refractivity contribution < 1.29 is 14.3 Å². The highest BCUT2D eigenvalue weighted by atomic mass is 16.5. The Balaban J connectivity index is 1.57. The van der Waals surface area contributed by atoms with Crippen LogP contribution in [-0.2, 0) is 22.4 Å². The lowest BCUT2D eigenvalue weighted by Gasteiger charge is -2.17. The highest BCUT2D eigenvalue weighted by Gasteiger charge is 2.34. The van der Waals surface area contributed by atoms with Crippen molar-refractivity contribution >= 4 is 17.5 Å². The Bertz CT molecular complexity index is 819. The summed E-state index contributed by atoms with van der Waals surface area (Å²) in [5.74, 6) is 0.481. The molecule has 1 aliphatic rings. The predicted octanol–water partition coefficient (Wildman–Crippen LogP) is 3.29. The fraction of sp³-hybridized carbons (Fsp3) is 0.364. The molecule has 1 fully saturated rings. The first-order valence-electron chi connectivity index (χ1n) is 9.40. The van der Waals surface area contributed by atoms with Crippen molar-refractivity contribution in [2.24, 2.45) is 5.92 Å². The number of aryl methyl sites for hydroxylation is 1. The summed E-state index contributed by atoms with van der Waals surface area (Å²) in [6.45, 7) is 3.15. The molecule has 0 bridgehead atoms. The van der Waals surface area contributed by atoms with Gasteiger partial charge in [-0.25, -0.2) is 0 Å². The van der Waals surface area contributed by atoms with E-state index in [2.05, 4.69) is 12.2 Å². The first-order chi connectivity index (χ1) is 13.1. The van der Waals surface area contributed by atoms with Crippen LogP contribution in [0.5, 0.6) is 5.75 Å². The zero-order chi connectivity index (χ0) is 19.2. The summed E-state index contributed by atoms with van der Waals surface area (Å²) in [5.41, 5.74) is 3.06. The number of ether oxygens (including phenoxy) is 1. The van der Waals surface area contributed by atoms with Crippen LogP contribution in [0.3, 0.4) is 0 Å². The fourth-order valence-electron chi connectivity index (χ4n) is 3.44. The van der Waals surface area contributed by atoms with E-state index in [-0.39, 0.29) is 24.2 Å². The molecule has 0 aromatic heterocycles. The molecule has 5 nitrogen and oxygen atoms in total. The first kappa shape index (κ1) is 19.0. The molecule has 1 N–H and O–H groups in total. The number of benzene rings is 2. The molecular formula is C22H26N2O3. The lowest BCUT2D eigenvalue weighted by Crippen LogP contribution is -2.30. The molecule has 1 atom stereocenters. The third-order valence-corrected chi connectivity index (χ3v) is 5.05. The number of methoxy groups -OCH3 is 1. The van der Waals surface area contributed by atoms with Crippen LogP contribution in [-0.4, -0.2) is 36.9 Å². The molecule has 5 heteroatoms. The maximum atomic E-state index is 12.6. The van der Waals surface area contributed by atoms with Crippen LogP contribution >= 0.6 is 0 Å². The quantitative estimate of drug-likeness (QED) is 0.818. The van der Waals surface area contributed by atoms with Crippen molar-refractivity contribution in [3.05, 3.63) is 59.7 Å². The number of amides is 2. The molecule has 2 aromatic rings. The number of hydrogen-bond acceptors (Lipinski definition) is 3. The number of nitrogens with one attached hydrogen (secondary N) is 1. The van der Waals surface area contributed by atoms with Gasteiger partial charge >= 0.3 is 0 Å². The van der Waals surface area contributed by atoms with Crippen molar-refractivity contribution in [1.29, 1.82) is 0 Å². The topological polar surface area (TPSA) is 58.6 Å². The van der Waals surface area contributed by atoms with Crippen molar-refractivity contribution in [3.63, 3.8) is 0 Å². The van der Waals surface area contributed by atoms with Gasteiger partial charge in [0.25, 0.3) is 0 Å². The van der Waals surface area contributed by atoms with Gasteiger partial charge in [0.05, 0.1) is 13.0 Å². The monoisotopic (exact) mass is 366 g/mol. The minimum absolute atomic E-state index is 0.0434. The number of carbonyl (C=O) groups excluding carboxylic acids is 2. The summed E-state index contributed by atoms with van der Waals surface area (Å²) < 4.78 is 5.24. The van der Waals surface area contributed by atoms with Crippen LogP contribution in [0.15, 0.2) is 48.5 Å². The van der Waals surface area contributed by atoms with Gasteiger partial charge < -0.3 is 15.0 Å². The van der Waals surface area contributed by atoms with E-state index in [1.807, 2.05) is 48.5 Å². The third-order valence-electron chi connectivity index (χ3n) is 5.05. The van der Waals surface area contributed by atoms with Gasteiger partial charge in [0, 0.05) is 25.2 Å². The summed E-state index contributed by atoms with van der Waals surface area (Å²) in [6.07, 6.45) is 1.88. The smallest absolute Gasteiger partial charge is 0.229 e. The Morgan fingerprint density at radius 1 is 1.22 bits per heavy atom. The van der Waals surface area contributed by atoms with Gasteiger partial charge in [-0.2, -0.15) is 0 Å². The Morgan fingerprint density at radius 2 is 2.04 bits per heavy atom. The Kier molecular flexibility index (Phi) is 6.12. The zero-order valence-electron chi connectivity index (χ0n) is 15.9. The summed E-state index contributed by atoms with van der Waals surface area (Å²) >= 11 is 0. The third kappa shape index (κ3) is 4.67. The van der Waals surface area contributed by atoms with Gasteiger partial charge in [0.1, 0.15) is 5.75 Å². The number of para-hydroxylation sites is 1. The molecule has 142 valence electrons. The van der Waals surface area contributed by atoms with Gasteiger partial charge in [-0.1, -0.05) is 37.3 Å². The number of anilines is 1. The van der Waals surface area contributed by atoms with Crippen molar-refractivity contribution in [3.8, 4) is 5.75 Å². The van der Waals surface area contributed by atoms with Crippen LogP contribution in [0.4, 0.5) is 5.69 Å². The molecule has 0 saturated carbocycles. The normalized spacial score (nSPS) is 16.4. The van der Waals surface area contributed by atoms with Crippen molar-refractivity contribution in [2.45, 2.75) is 26.2 Å². The van der Waals surface area contributed by atoms with Crippen LogP contribution in [0.25, 0.3) is 0 Å². The molecule has 0 aliphatic carbocycles. The zero-order valence-corrected chi connectivity index (χ0v) is 15.9. The van der Waals surface area contributed by atoms with E-state index >= 15 is 0 Å². The van der Waals surface area contributed by atoms with Crippen LogP contribution < -0.4 is 10.1 Å². The summed E-state index contributed by atoms with van der Waals surface area (Å²) in [7, 11) is 1.64. The highest BCUT2D eigenvalue weighted by molar-refractivity contribution is 5.97. The minimum atomic E-state index is -0.298. The molecule has 0 spiro atoms. The molecule has 1 saturated heterocycles. The van der Waals surface area contributed by atoms with E-state index < -0.39 is 0 Å². The highest BCUT2D eigenvalue weighted by Crippen LogP contribution is 2.22. The standard InChI is InChI=1S/C22H26N2O3/c1-3-17-8-4-5-10-20(17)23-22(26)18-14-21(25)24(15-18)12-11-16-7-6-9-19(13-16)27-2/h4-10,13,18H,3,11-12,14-15H2,1-2H3,(H,23,26). The number of rotatable bonds is 7. The van der Waals surface area contributed by atoms with Crippen LogP contribution in [0.1, 0.15) is 24.5 Å². The Labute approximate surface area is 160 Å². The average molecular weight is 366 g/mol. The molecule has 0 radical (unpaired) electrons. The second-order valence-corrected chi connectivity index (χ2v) is 6.84. The number of hydrogen-bond donors (Lipinski definition) is 1. The summed E-state index contributed by atoms with van der Waals surface area (Å²) in [4.78, 5) is 26.7. The average Bonchev–Trinajstić information content (AvgIpc) is 3.07. The second kappa shape index (κ2) is 8.71. The van der Waals surface area contributed by atoms with E-state index in [0.29, 0.717) is 13.1 Å². The molecular weight excluding hydrogens is 340 g/mol. The molecule has 2 aromatic carbocycles. The number of likely N-dealkylation sites (tertiary alicyclic amines) is 1. The van der Waals surface area contributed by atoms with Gasteiger partial charge in [0.15, 0.2) is 0 Å². The SMILES string of the molecule is CCc1ccccc1NC(=O)C1CC(=O)N(CCc2cccc(OC)c2)C1. The van der Waals surface area contributed by atoms with E-state index in [0.717, 1.165) is 35.4 Å². The van der Waals surface area contributed by atoms with E-state index in [1.165, 1.54) is 0 Å². The summed E-state index contributed by atoms with van der Waals surface area (Å²) in [6, 6.07) is 15.6. The largest absolute Gasteiger partial charge is 0.497 e. The lowest BCUT2D eigenvalue weighted by atomic mass is 10.1. The molecule has 3 rings (SSSR count). The Hall–Kier alpha value is -2.82. The fourth-order valence-corrected chi connectivity index (χ4v) is 3.44. The van der Waals surface area contributed by atoms with Crippen LogP contribution in [0.2, 0.25) is 0 Å². The van der Waals surface area contributed by atoms with E-state index in [9.17, 15) is 9.59 Å². The lowest BCUT2D eigenvalue weighted by molar-refractivity contribution is -0.128. The first-order valence-corrected chi connectivity index (χ1v) is 9.40. The number of nitrogens with zero attached hydrogens (tertiary/aromatic N) is 1. The van der Waals surface area contributed by atoms with E-state index in [1.54, 1.807) is 12.0 Å². The summed E-state index contributed by atoms with van der Waals surface area (Å²) in [5, 5.41) is 3.00. The maximum Gasteiger partial charge on any atom is 0.229 e. The second-order valence-electron chi connectivity index (χ2n) is 6.84. The maximum absolute atomic E-state index is 12.6. The molecule has 27 heavy (non-hydrogen) atoms. The molecule has 1 aliphatic heterocycles. The van der Waals surface area contributed by atoms with Gasteiger partial charge in [-0.15, -0.1) is 0 Å². The van der Waals surface area contributed by atoms with Crippen molar-refractivity contribution in [2.75, 3.05) is 25.5 Å². The molecule has 2 amide bonds. The molecule has 1 unspecified atom stereocenters. The Morgan fingerprint density at radius 3 is 2.81 bits per heavy atom. The van der Waals surface area contributed by atoms with Gasteiger partial charge in [0.2, 0.25) is 11.8 Å². The minimum Gasteiger partial charge on any atom is -0.497 e.